The van der Waals surface area contributed by atoms with Gasteiger partial charge in [-0.3, -0.25) is 0 Å². The molecule has 0 spiro atoms. The first-order valence-corrected chi connectivity index (χ1v) is 7.30. The van der Waals surface area contributed by atoms with E-state index in [1.165, 1.54) is 0 Å². The zero-order valence-corrected chi connectivity index (χ0v) is 13.7. The van der Waals surface area contributed by atoms with Crippen molar-refractivity contribution in [2.75, 3.05) is 21.3 Å². The summed E-state index contributed by atoms with van der Waals surface area (Å²) in [4.78, 5) is 0. The number of rotatable bonds is 3. The molecule has 0 bridgehead atoms. The van der Waals surface area contributed by atoms with Crippen LogP contribution in [0.1, 0.15) is 0 Å². The molecule has 0 aliphatic rings. The molecule has 0 atom stereocenters. The van der Waals surface area contributed by atoms with E-state index in [1.54, 1.807) is 21.3 Å². The van der Waals surface area contributed by atoms with Crippen molar-refractivity contribution in [1.82, 2.24) is 0 Å². The van der Waals surface area contributed by atoms with Gasteiger partial charge in [0.05, 0.1) is 21.3 Å². The largest absolute Gasteiger partial charge is 0.493 e. The molecule has 0 saturated carbocycles. The van der Waals surface area contributed by atoms with Crippen LogP contribution in [0.25, 0.3) is 21.5 Å². The highest BCUT2D eigenvalue weighted by atomic mass is 79.9. The van der Waals surface area contributed by atoms with E-state index < -0.39 is 0 Å². The van der Waals surface area contributed by atoms with Crippen molar-refractivity contribution in [3.05, 3.63) is 40.9 Å². The lowest BCUT2D eigenvalue weighted by Gasteiger charge is -2.16. The molecule has 0 aromatic heterocycles. The molecule has 4 heteroatoms. The highest BCUT2D eigenvalue weighted by Crippen LogP contribution is 2.46. The first-order valence-electron chi connectivity index (χ1n) is 6.51. The summed E-state index contributed by atoms with van der Waals surface area (Å²) in [5.74, 6) is 1.96. The van der Waals surface area contributed by atoms with E-state index in [-0.39, 0.29) is 0 Å². The Morgan fingerprint density at radius 2 is 1.57 bits per heavy atom. The molecule has 3 aromatic carbocycles. The van der Waals surface area contributed by atoms with Crippen LogP contribution >= 0.6 is 15.9 Å². The van der Waals surface area contributed by atoms with Gasteiger partial charge in [-0.15, -0.1) is 0 Å². The molecule has 0 radical (unpaired) electrons. The fourth-order valence-electron chi connectivity index (χ4n) is 2.68. The van der Waals surface area contributed by atoms with Crippen molar-refractivity contribution in [2.24, 2.45) is 0 Å². The number of benzene rings is 3. The standard InChI is InChI=1S/C17H15BrO3/c1-19-14-9-10-7-8-11-12(5-4-6-13(11)18)15(10)17(21-3)16(14)20-2/h4-9H,1-3H3. The third-order valence-corrected chi connectivity index (χ3v) is 4.30. The lowest BCUT2D eigenvalue weighted by molar-refractivity contribution is 0.327. The summed E-state index contributed by atoms with van der Waals surface area (Å²) in [6, 6.07) is 12.2. The van der Waals surface area contributed by atoms with Gasteiger partial charge in [0, 0.05) is 9.86 Å². The van der Waals surface area contributed by atoms with Crippen molar-refractivity contribution in [2.45, 2.75) is 0 Å². The number of ether oxygens (including phenoxy) is 3. The Balaban J connectivity index is 2.55. The minimum absolute atomic E-state index is 0.611. The average molecular weight is 347 g/mol. The van der Waals surface area contributed by atoms with E-state index in [1.807, 2.05) is 18.2 Å². The van der Waals surface area contributed by atoms with E-state index in [0.29, 0.717) is 17.2 Å². The number of fused-ring (bicyclic) bond motifs is 3. The molecule has 0 saturated heterocycles. The van der Waals surface area contributed by atoms with Gasteiger partial charge in [-0.05, 0) is 28.3 Å². The lowest BCUT2D eigenvalue weighted by Crippen LogP contribution is -1.96. The predicted molar refractivity (Wildman–Crippen MR) is 88.8 cm³/mol. The van der Waals surface area contributed by atoms with Crippen molar-refractivity contribution in [1.29, 1.82) is 0 Å². The van der Waals surface area contributed by atoms with E-state index in [9.17, 15) is 0 Å². The van der Waals surface area contributed by atoms with Crippen LogP contribution in [0.3, 0.4) is 0 Å². The minimum atomic E-state index is 0.611. The van der Waals surface area contributed by atoms with Gasteiger partial charge in [0.25, 0.3) is 0 Å². The third-order valence-electron chi connectivity index (χ3n) is 3.61. The zero-order valence-electron chi connectivity index (χ0n) is 12.1. The summed E-state index contributed by atoms with van der Waals surface area (Å²) in [7, 11) is 4.89. The summed E-state index contributed by atoms with van der Waals surface area (Å²) >= 11 is 3.60. The number of hydrogen-bond acceptors (Lipinski definition) is 3. The molecule has 0 aliphatic carbocycles. The van der Waals surface area contributed by atoms with Crippen molar-refractivity contribution >= 4 is 37.5 Å². The molecular formula is C17H15BrO3. The fraction of sp³-hybridized carbons (Fsp3) is 0.176. The molecule has 21 heavy (non-hydrogen) atoms. The maximum absolute atomic E-state index is 5.62. The summed E-state index contributed by atoms with van der Waals surface area (Å²) in [5.41, 5.74) is 0. The topological polar surface area (TPSA) is 27.7 Å². The lowest BCUT2D eigenvalue weighted by atomic mass is 10.0. The highest BCUT2D eigenvalue weighted by molar-refractivity contribution is 9.10. The summed E-state index contributed by atoms with van der Waals surface area (Å²) < 4.78 is 17.6. The first-order chi connectivity index (χ1) is 10.2. The molecule has 108 valence electrons. The third kappa shape index (κ3) is 2.10. The van der Waals surface area contributed by atoms with Crippen LogP contribution in [-0.4, -0.2) is 21.3 Å². The van der Waals surface area contributed by atoms with Crippen molar-refractivity contribution in [3.63, 3.8) is 0 Å². The predicted octanol–water partition coefficient (Wildman–Crippen LogP) is 4.78. The smallest absolute Gasteiger partial charge is 0.203 e. The van der Waals surface area contributed by atoms with Crippen LogP contribution in [0.4, 0.5) is 0 Å². The Bertz CT molecular complexity index is 827. The van der Waals surface area contributed by atoms with Crippen molar-refractivity contribution < 1.29 is 14.2 Å². The van der Waals surface area contributed by atoms with Gasteiger partial charge in [0.1, 0.15) is 0 Å². The Kier molecular flexibility index (Phi) is 3.64. The maximum atomic E-state index is 5.62. The molecule has 3 aromatic rings. The Hall–Kier alpha value is -1.94. The van der Waals surface area contributed by atoms with Crippen LogP contribution in [0.2, 0.25) is 0 Å². The summed E-state index contributed by atoms with van der Waals surface area (Å²) in [5, 5.41) is 4.32. The van der Waals surface area contributed by atoms with Gasteiger partial charge < -0.3 is 14.2 Å². The molecular weight excluding hydrogens is 332 g/mol. The van der Waals surface area contributed by atoms with E-state index in [2.05, 4.69) is 34.1 Å². The fourth-order valence-corrected chi connectivity index (χ4v) is 3.18. The SMILES string of the molecule is COc1cc2ccc3c(Br)cccc3c2c(OC)c1OC. The molecule has 0 fully saturated rings. The molecule has 3 rings (SSSR count). The van der Waals surface area contributed by atoms with Gasteiger partial charge in [0.15, 0.2) is 11.5 Å². The van der Waals surface area contributed by atoms with Crippen LogP contribution in [0.15, 0.2) is 40.9 Å². The highest BCUT2D eigenvalue weighted by Gasteiger charge is 2.18. The number of methoxy groups -OCH3 is 3. The monoisotopic (exact) mass is 346 g/mol. The van der Waals surface area contributed by atoms with Gasteiger partial charge in [-0.1, -0.05) is 40.2 Å². The number of halogens is 1. The molecule has 0 amide bonds. The first kappa shape index (κ1) is 14.0. The maximum Gasteiger partial charge on any atom is 0.203 e. The molecule has 0 heterocycles. The Morgan fingerprint density at radius 1 is 0.810 bits per heavy atom. The molecule has 0 aliphatic heterocycles. The molecule has 3 nitrogen and oxygen atoms in total. The summed E-state index contributed by atoms with van der Waals surface area (Å²) in [6.45, 7) is 0. The van der Waals surface area contributed by atoms with Crippen LogP contribution < -0.4 is 14.2 Å². The van der Waals surface area contributed by atoms with Crippen LogP contribution in [0.5, 0.6) is 17.2 Å². The quantitative estimate of drug-likeness (QED) is 0.638. The average Bonchev–Trinajstić information content (AvgIpc) is 2.52. The Morgan fingerprint density at radius 3 is 2.24 bits per heavy atom. The number of hydrogen-bond donors (Lipinski definition) is 0. The van der Waals surface area contributed by atoms with E-state index in [4.69, 9.17) is 14.2 Å². The van der Waals surface area contributed by atoms with Crippen LogP contribution in [-0.2, 0) is 0 Å². The zero-order chi connectivity index (χ0) is 15.0. The second kappa shape index (κ2) is 5.45. The van der Waals surface area contributed by atoms with Gasteiger partial charge in [0.2, 0.25) is 5.75 Å². The van der Waals surface area contributed by atoms with Crippen molar-refractivity contribution in [3.8, 4) is 17.2 Å². The van der Waals surface area contributed by atoms with Gasteiger partial charge >= 0.3 is 0 Å². The second-order valence-electron chi connectivity index (χ2n) is 4.64. The van der Waals surface area contributed by atoms with E-state index in [0.717, 1.165) is 26.0 Å². The summed E-state index contributed by atoms with van der Waals surface area (Å²) in [6.07, 6.45) is 0. The van der Waals surface area contributed by atoms with E-state index >= 15 is 0 Å². The Labute approximate surface area is 131 Å². The minimum Gasteiger partial charge on any atom is -0.493 e. The normalized spacial score (nSPS) is 10.9. The molecule has 0 N–H and O–H groups in total. The van der Waals surface area contributed by atoms with Crippen LogP contribution in [0, 0.1) is 0 Å². The second-order valence-corrected chi connectivity index (χ2v) is 5.50. The van der Waals surface area contributed by atoms with Gasteiger partial charge in [-0.25, -0.2) is 0 Å². The van der Waals surface area contributed by atoms with Gasteiger partial charge in [-0.2, -0.15) is 0 Å². The molecule has 0 unspecified atom stereocenters.